The van der Waals surface area contributed by atoms with Crippen LogP contribution in [0.25, 0.3) is 0 Å². The summed E-state index contributed by atoms with van der Waals surface area (Å²) >= 11 is 0. The van der Waals surface area contributed by atoms with Crippen LogP contribution in [0, 0.1) is 0 Å². The van der Waals surface area contributed by atoms with E-state index in [9.17, 15) is 4.79 Å². The van der Waals surface area contributed by atoms with Gasteiger partial charge in [0.2, 0.25) is 0 Å². The zero-order chi connectivity index (χ0) is 13.2. The third-order valence-electron chi connectivity index (χ3n) is 3.69. The minimum Gasteiger partial charge on any atom is -0.386 e. The molecule has 6 heteroatoms. The van der Waals surface area contributed by atoms with Crippen LogP contribution in [0.5, 0.6) is 0 Å². The van der Waals surface area contributed by atoms with Crippen molar-refractivity contribution in [2.24, 2.45) is 10.9 Å². The molecule has 0 aromatic heterocycles. The number of rotatable bonds is 3. The molecule has 1 spiro atoms. The molecule has 1 amide bonds. The minimum absolute atomic E-state index is 0.0405. The summed E-state index contributed by atoms with van der Waals surface area (Å²) < 4.78 is 6.05. The number of hydrogen-bond acceptors (Lipinski definition) is 5. The van der Waals surface area contributed by atoms with E-state index in [4.69, 9.17) is 15.3 Å². The molecule has 1 unspecified atom stereocenters. The molecule has 6 nitrogen and oxygen atoms in total. The van der Waals surface area contributed by atoms with Crippen LogP contribution in [-0.4, -0.2) is 55.0 Å². The van der Waals surface area contributed by atoms with Gasteiger partial charge in [0.25, 0.3) is 5.91 Å². The summed E-state index contributed by atoms with van der Waals surface area (Å²) in [6, 6.07) is 0. The predicted molar refractivity (Wildman–Crippen MR) is 67.2 cm³/mol. The molecule has 2 heterocycles. The van der Waals surface area contributed by atoms with Gasteiger partial charge in [0.05, 0.1) is 17.4 Å². The van der Waals surface area contributed by atoms with Crippen LogP contribution in [0.15, 0.2) is 5.16 Å². The first-order valence-electron chi connectivity index (χ1n) is 6.34. The number of ether oxygens (including phenoxy) is 1. The standard InChI is InChI=1S/C12H21N3O3/c1-9-10(14-17-8-11(13)16)7-12(18-9)3-5-15(2)6-4-12/h9H,3-8H2,1-2H3,(H2,13,16)/b14-10+. The number of nitrogens with zero attached hydrogens (tertiary/aromatic N) is 2. The van der Waals surface area contributed by atoms with Crippen molar-refractivity contribution in [1.82, 2.24) is 4.90 Å². The Balaban J connectivity index is 1.93. The van der Waals surface area contributed by atoms with Crippen molar-refractivity contribution in [3.63, 3.8) is 0 Å². The smallest absolute Gasteiger partial charge is 0.258 e. The monoisotopic (exact) mass is 255 g/mol. The summed E-state index contributed by atoms with van der Waals surface area (Å²) in [5, 5.41) is 3.99. The molecule has 0 radical (unpaired) electrons. The fourth-order valence-electron chi connectivity index (χ4n) is 2.56. The summed E-state index contributed by atoms with van der Waals surface area (Å²) in [6.45, 7) is 3.88. The predicted octanol–water partition coefficient (Wildman–Crippen LogP) is 0.118. The fourth-order valence-corrected chi connectivity index (χ4v) is 2.56. The van der Waals surface area contributed by atoms with Gasteiger partial charge in [-0.15, -0.1) is 0 Å². The van der Waals surface area contributed by atoms with Crippen LogP contribution in [0.3, 0.4) is 0 Å². The SMILES string of the molecule is CC1OC2(CCN(C)CC2)C/C1=N\OCC(N)=O. The van der Waals surface area contributed by atoms with Crippen LogP contribution >= 0.6 is 0 Å². The maximum atomic E-state index is 10.6. The van der Waals surface area contributed by atoms with Crippen LogP contribution in [0.4, 0.5) is 0 Å². The minimum atomic E-state index is -0.514. The van der Waals surface area contributed by atoms with Crippen LogP contribution in [0.1, 0.15) is 26.2 Å². The number of hydrogen-bond donors (Lipinski definition) is 1. The van der Waals surface area contributed by atoms with Crippen molar-refractivity contribution >= 4 is 11.6 Å². The van der Waals surface area contributed by atoms with Gasteiger partial charge in [-0.25, -0.2) is 0 Å². The van der Waals surface area contributed by atoms with Gasteiger partial charge in [-0.3, -0.25) is 4.79 Å². The summed E-state index contributed by atoms with van der Waals surface area (Å²) in [4.78, 5) is 17.8. The highest BCUT2D eigenvalue weighted by atomic mass is 16.6. The first-order chi connectivity index (χ1) is 8.51. The first kappa shape index (κ1) is 13.3. The van der Waals surface area contributed by atoms with Crippen LogP contribution in [-0.2, 0) is 14.4 Å². The van der Waals surface area contributed by atoms with E-state index in [1.165, 1.54) is 0 Å². The molecule has 1 atom stereocenters. The maximum absolute atomic E-state index is 10.6. The fraction of sp³-hybridized carbons (Fsp3) is 0.833. The van der Waals surface area contributed by atoms with Crippen molar-refractivity contribution in [3.05, 3.63) is 0 Å². The first-order valence-corrected chi connectivity index (χ1v) is 6.34. The van der Waals surface area contributed by atoms with E-state index in [1.807, 2.05) is 6.92 Å². The second-order valence-corrected chi connectivity index (χ2v) is 5.25. The Labute approximate surface area is 107 Å². The van der Waals surface area contributed by atoms with Gasteiger partial charge < -0.3 is 20.2 Å². The van der Waals surface area contributed by atoms with Crippen LogP contribution in [0.2, 0.25) is 0 Å². The van der Waals surface area contributed by atoms with Crippen LogP contribution < -0.4 is 5.73 Å². The molecule has 0 saturated carbocycles. The average molecular weight is 255 g/mol. The number of likely N-dealkylation sites (tertiary alicyclic amines) is 1. The van der Waals surface area contributed by atoms with Gasteiger partial charge in [-0.2, -0.15) is 0 Å². The Hall–Kier alpha value is -1.14. The van der Waals surface area contributed by atoms with E-state index >= 15 is 0 Å². The number of carbonyl (C=O) groups is 1. The van der Waals surface area contributed by atoms with E-state index < -0.39 is 5.91 Å². The molecule has 18 heavy (non-hydrogen) atoms. The lowest BCUT2D eigenvalue weighted by molar-refractivity contribution is -0.122. The maximum Gasteiger partial charge on any atom is 0.258 e. The third-order valence-corrected chi connectivity index (χ3v) is 3.69. The summed E-state index contributed by atoms with van der Waals surface area (Å²) in [7, 11) is 2.12. The van der Waals surface area contributed by atoms with Gasteiger partial charge in [0.15, 0.2) is 6.61 Å². The quantitative estimate of drug-likeness (QED) is 0.727. The normalized spacial score (nSPS) is 29.9. The third kappa shape index (κ3) is 3.00. The number of oxime groups is 1. The summed E-state index contributed by atoms with van der Waals surface area (Å²) in [6.07, 6.45) is 2.79. The molecule has 2 saturated heterocycles. The number of primary amides is 1. The molecule has 0 bridgehead atoms. The van der Waals surface area contributed by atoms with Crippen molar-refractivity contribution in [1.29, 1.82) is 0 Å². The second-order valence-electron chi connectivity index (χ2n) is 5.25. The highest BCUT2D eigenvalue weighted by Crippen LogP contribution is 2.37. The molecule has 0 aromatic rings. The molecular formula is C12H21N3O3. The largest absolute Gasteiger partial charge is 0.386 e. The van der Waals surface area contributed by atoms with Gasteiger partial charge in [0.1, 0.15) is 0 Å². The Morgan fingerprint density at radius 2 is 2.28 bits per heavy atom. The summed E-state index contributed by atoms with van der Waals surface area (Å²) in [5.41, 5.74) is 5.79. The van der Waals surface area contributed by atoms with E-state index in [0.717, 1.165) is 38.1 Å². The molecule has 2 aliphatic heterocycles. The zero-order valence-electron chi connectivity index (χ0n) is 11.0. The molecule has 2 rings (SSSR count). The molecule has 2 N–H and O–H groups in total. The molecule has 0 aromatic carbocycles. The van der Waals surface area contributed by atoms with Crippen molar-refractivity contribution in [2.45, 2.75) is 37.9 Å². The van der Waals surface area contributed by atoms with Gasteiger partial charge in [-0.05, 0) is 26.8 Å². The van der Waals surface area contributed by atoms with Gasteiger partial charge in [0, 0.05) is 19.5 Å². The Morgan fingerprint density at radius 3 is 2.89 bits per heavy atom. The highest BCUT2D eigenvalue weighted by molar-refractivity contribution is 5.90. The molecule has 2 aliphatic rings. The van der Waals surface area contributed by atoms with E-state index in [1.54, 1.807) is 0 Å². The average Bonchev–Trinajstić information content (AvgIpc) is 2.60. The van der Waals surface area contributed by atoms with Crippen molar-refractivity contribution in [2.75, 3.05) is 26.7 Å². The number of amides is 1. The lowest BCUT2D eigenvalue weighted by atomic mass is 9.88. The molecule has 0 aliphatic carbocycles. The Kier molecular flexibility index (Phi) is 3.87. The van der Waals surface area contributed by atoms with E-state index in [2.05, 4.69) is 17.1 Å². The number of nitrogens with two attached hydrogens (primary N) is 1. The molecule has 2 fully saturated rings. The lowest BCUT2D eigenvalue weighted by Gasteiger charge is -2.36. The highest BCUT2D eigenvalue weighted by Gasteiger charge is 2.44. The summed E-state index contributed by atoms with van der Waals surface area (Å²) in [5.74, 6) is -0.514. The van der Waals surface area contributed by atoms with Crippen molar-refractivity contribution in [3.8, 4) is 0 Å². The number of piperidine rings is 1. The molecular weight excluding hydrogens is 234 g/mol. The van der Waals surface area contributed by atoms with E-state index in [0.29, 0.717) is 0 Å². The van der Waals surface area contributed by atoms with Gasteiger partial charge in [-0.1, -0.05) is 5.16 Å². The topological polar surface area (TPSA) is 77.2 Å². The molecule has 102 valence electrons. The number of carbonyl (C=O) groups excluding carboxylic acids is 1. The van der Waals surface area contributed by atoms with Gasteiger partial charge >= 0.3 is 0 Å². The Bertz CT molecular complexity index is 348. The van der Waals surface area contributed by atoms with E-state index in [-0.39, 0.29) is 18.3 Å². The second kappa shape index (κ2) is 5.24. The lowest BCUT2D eigenvalue weighted by Crippen LogP contribution is -2.42. The zero-order valence-corrected chi connectivity index (χ0v) is 11.0. The van der Waals surface area contributed by atoms with Crippen molar-refractivity contribution < 1.29 is 14.4 Å². The Morgan fingerprint density at radius 1 is 1.61 bits per heavy atom.